The zero-order valence-corrected chi connectivity index (χ0v) is 7.15. The Morgan fingerprint density at radius 1 is 1.33 bits per heavy atom. The Kier molecular flexibility index (Phi) is 1.53. The van der Waals surface area contributed by atoms with Crippen molar-refractivity contribution in [2.24, 2.45) is 7.05 Å². The van der Waals surface area contributed by atoms with Crippen molar-refractivity contribution in [1.82, 2.24) is 19.5 Å². The molecule has 0 aliphatic carbocycles. The monoisotopic (exact) mass is 162 g/mol. The van der Waals surface area contributed by atoms with Crippen LogP contribution in [0.15, 0.2) is 12.7 Å². The standard InChI is InChI=1S/C8H10N4/c1-3-6-7-8(10-4-9-6)12(2)5-11-7/h4-5H,3H2,1-2H3. The van der Waals surface area contributed by atoms with Crippen molar-refractivity contribution < 1.29 is 0 Å². The van der Waals surface area contributed by atoms with Crippen molar-refractivity contribution in [3.05, 3.63) is 18.3 Å². The third-order valence-electron chi connectivity index (χ3n) is 1.91. The van der Waals surface area contributed by atoms with Crippen molar-refractivity contribution in [3.8, 4) is 0 Å². The second kappa shape index (κ2) is 2.55. The quantitative estimate of drug-likeness (QED) is 0.626. The van der Waals surface area contributed by atoms with Crippen molar-refractivity contribution in [2.75, 3.05) is 0 Å². The van der Waals surface area contributed by atoms with Gasteiger partial charge in [0.15, 0.2) is 5.65 Å². The molecule has 2 aromatic rings. The molecule has 0 aliphatic rings. The van der Waals surface area contributed by atoms with Gasteiger partial charge in [0.2, 0.25) is 0 Å². The molecule has 2 heterocycles. The van der Waals surface area contributed by atoms with E-state index < -0.39 is 0 Å². The van der Waals surface area contributed by atoms with Gasteiger partial charge in [0, 0.05) is 7.05 Å². The molecule has 12 heavy (non-hydrogen) atoms. The van der Waals surface area contributed by atoms with E-state index in [1.807, 2.05) is 11.6 Å². The van der Waals surface area contributed by atoms with Gasteiger partial charge >= 0.3 is 0 Å². The first-order valence-corrected chi connectivity index (χ1v) is 3.94. The first kappa shape index (κ1) is 7.21. The van der Waals surface area contributed by atoms with Crippen LogP contribution >= 0.6 is 0 Å². The Bertz CT molecular complexity index is 404. The van der Waals surface area contributed by atoms with Gasteiger partial charge in [-0.3, -0.25) is 0 Å². The zero-order chi connectivity index (χ0) is 8.55. The predicted octanol–water partition coefficient (Wildman–Crippen LogP) is 0.926. The lowest BCUT2D eigenvalue weighted by Crippen LogP contribution is -1.93. The highest BCUT2D eigenvalue weighted by atomic mass is 15.1. The zero-order valence-electron chi connectivity index (χ0n) is 7.15. The van der Waals surface area contributed by atoms with Gasteiger partial charge in [0.25, 0.3) is 0 Å². The van der Waals surface area contributed by atoms with E-state index in [2.05, 4.69) is 21.9 Å². The average molecular weight is 162 g/mol. The summed E-state index contributed by atoms with van der Waals surface area (Å²) in [7, 11) is 1.93. The molecule has 4 nitrogen and oxygen atoms in total. The molecular weight excluding hydrogens is 152 g/mol. The molecule has 62 valence electrons. The van der Waals surface area contributed by atoms with Gasteiger partial charge in [-0.1, -0.05) is 6.92 Å². The van der Waals surface area contributed by atoms with Crippen molar-refractivity contribution >= 4 is 11.2 Å². The van der Waals surface area contributed by atoms with Crippen LogP contribution in [-0.2, 0) is 13.5 Å². The van der Waals surface area contributed by atoms with Crippen LogP contribution in [0.2, 0.25) is 0 Å². The average Bonchev–Trinajstić information content (AvgIpc) is 2.48. The number of aryl methyl sites for hydroxylation is 2. The minimum atomic E-state index is 0.899. The first-order valence-electron chi connectivity index (χ1n) is 3.94. The van der Waals surface area contributed by atoms with Crippen LogP contribution in [0.1, 0.15) is 12.6 Å². The third kappa shape index (κ3) is 0.879. The predicted molar refractivity (Wildman–Crippen MR) is 45.7 cm³/mol. The SMILES string of the molecule is CCc1ncnc2c1ncn2C. The largest absolute Gasteiger partial charge is 0.318 e. The van der Waals surface area contributed by atoms with Crippen LogP contribution < -0.4 is 0 Å². The maximum absolute atomic E-state index is 4.23. The van der Waals surface area contributed by atoms with Crippen molar-refractivity contribution in [3.63, 3.8) is 0 Å². The fourth-order valence-electron chi connectivity index (χ4n) is 1.25. The second-order valence-electron chi connectivity index (χ2n) is 2.70. The molecule has 0 aromatic carbocycles. The molecule has 2 rings (SSSR count). The van der Waals surface area contributed by atoms with E-state index in [0.717, 1.165) is 23.3 Å². The van der Waals surface area contributed by atoms with Gasteiger partial charge in [-0.2, -0.15) is 0 Å². The van der Waals surface area contributed by atoms with Gasteiger partial charge in [-0.05, 0) is 6.42 Å². The maximum Gasteiger partial charge on any atom is 0.163 e. The molecule has 0 N–H and O–H groups in total. The minimum Gasteiger partial charge on any atom is -0.318 e. The normalized spacial score (nSPS) is 10.8. The van der Waals surface area contributed by atoms with Crippen LogP contribution in [0.25, 0.3) is 11.2 Å². The highest BCUT2D eigenvalue weighted by molar-refractivity contribution is 5.72. The Balaban J connectivity index is 2.81. The summed E-state index contributed by atoms with van der Waals surface area (Å²) in [6, 6.07) is 0. The Morgan fingerprint density at radius 3 is 2.92 bits per heavy atom. The molecule has 0 aliphatic heterocycles. The highest BCUT2D eigenvalue weighted by Crippen LogP contribution is 2.11. The number of hydrogen-bond donors (Lipinski definition) is 0. The topological polar surface area (TPSA) is 43.6 Å². The Morgan fingerprint density at radius 2 is 2.17 bits per heavy atom. The molecule has 0 spiro atoms. The summed E-state index contributed by atoms with van der Waals surface area (Å²) in [5, 5.41) is 0. The highest BCUT2D eigenvalue weighted by Gasteiger charge is 2.04. The number of aromatic nitrogens is 4. The van der Waals surface area contributed by atoms with Crippen LogP contribution in [-0.4, -0.2) is 19.5 Å². The number of hydrogen-bond acceptors (Lipinski definition) is 3. The Labute approximate surface area is 70.3 Å². The first-order chi connectivity index (χ1) is 5.83. The minimum absolute atomic E-state index is 0.899. The van der Waals surface area contributed by atoms with Crippen LogP contribution in [0, 0.1) is 0 Å². The molecule has 0 atom stereocenters. The molecule has 4 heteroatoms. The van der Waals surface area contributed by atoms with E-state index in [9.17, 15) is 0 Å². The molecule has 0 saturated heterocycles. The second-order valence-corrected chi connectivity index (χ2v) is 2.70. The summed E-state index contributed by atoms with van der Waals surface area (Å²) in [6.07, 6.45) is 4.25. The smallest absolute Gasteiger partial charge is 0.163 e. The number of nitrogens with zero attached hydrogens (tertiary/aromatic N) is 4. The van der Waals surface area contributed by atoms with E-state index in [1.165, 1.54) is 0 Å². The van der Waals surface area contributed by atoms with Gasteiger partial charge in [-0.15, -0.1) is 0 Å². The molecule has 0 unspecified atom stereocenters. The number of imidazole rings is 1. The lowest BCUT2D eigenvalue weighted by atomic mass is 10.3. The maximum atomic E-state index is 4.23. The van der Waals surface area contributed by atoms with E-state index in [0.29, 0.717) is 0 Å². The number of fused-ring (bicyclic) bond motifs is 1. The summed E-state index contributed by atoms with van der Waals surface area (Å²) >= 11 is 0. The molecule has 0 bridgehead atoms. The van der Waals surface area contributed by atoms with Gasteiger partial charge in [-0.25, -0.2) is 15.0 Å². The Hall–Kier alpha value is -1.45. The van der Waals surface area contributed by atoms with E-state index in [1.54, 1.807) is 12.7 Å². The molecule has 0 saturated carbocycles. The summed E-state index contributed by atoms with van der Waals surface area (Å²) in [5.41, 5.74) is 2.84. The van der Waals surface area contributed by atoms with Crippen LogP contribution in [0.4, 0.5) is 0 Å². The summed E-state index contributed by atoms with van der Waals surface area (Å²) in [6.45, 7) is 2.07. The molecular formula is C8H10N4. The fourth-order valence-corrected chi connectivity index (χ4v) is 1.25. The molecule has 0 radical (unpaired) electrons. The van der Waals surface area contributed by atoms with Gasteiger partial charge < -0.3 is 4.57 Å². The van der Waals surface area contributed by atoms with Gasteiger partial charge in [0.05, 0.1) is 12.0 Å². The lowest BCUT2D eigenvalue weighted by molar-refractivity contribution is 0.925. The van der Waals surface area contributed by atoms with E-state index in [4.69, 9.17) is 0 Å². The van der Waals surface area contributed by atoms with Crippen LogP contribution in [0.3, 0.4) is 0 Å². The molecule has 0 fully saturated rings. The lowest BCUT2D eigenvalue weighted by Gasteiger charge is -1.95. The van der Waals surface area contributed by atoms with E-state index >= 15 is 0 Å². The van der Waals surface area contributed by atoms with Crippen LogP contribution in [0.5, 0.6) is 0 Å². The summed E-state index contributed by atoms with van der Waals surface area (Å²) < 4.78 is 1.90. The van der Waals surface area contributed by atoms with Gasteiger partial charge in [0.1, 0.15) is 11.8 Å². The molecule has 0 amide bonds. The van der Waals surface area contributed by atoms with Crippen molar-refractivity contribution in [1.29, 1.82) is 0 Å². The fraction of sp³-hybridized carbons (Fsp3) is 0.375. The summed E-state index contributed by atoms with van der Waals surface area (Å²) in [4.78, 5) is 12.5. The van der Waals surface area contributed by atoms with Crippen molar-refractivity contribution in [2.45, 2.75) is 13.3 Å². The van der Waals surface area contributed by atoms with E-state index in [-0.39, 0.29) is 0 Å². The molecule has 2 aromatic heterocycles. The summed E-state index contributed by atoms with van der Waals surface area (Å²) in [5.74, 6) is 0. The third-order valence-corrected chi connectivity index (χ3v) is 1.91. The number of rotatable bonds is 1.